The summed E-state index contributed by atoms with van der Waals surface area (Å²) in [6, 6.07) is 4.24. The Morgan fingerprint density at radius 3 is 2.75 bits per heavy atom. The third-order valence-corrected chi connectivity index (χ3v) is 4.29. The van der Waals surface area contributed by atoms with E-state index in [1.54, 1.807) is 0 Å². The second kappa shape index (κ2) is 4.84. The first-order valence-electron chi connectivity index (χ1n) is 7.25. The second-order valence-corrected chi connectivity index (χ2v) is 5.61. The molecular weight excluding hydrogens is 254 g/mol. The van der Waals surface area contributed by atoms with Gasteiger partial charge >= 0.3 is 0 Å². The average molecular weight is 273 g/mol. The van der Waals surface area contributed by atoms with Crippen LogP contribution in [0.5, 0.6) is 0 Å². The van der Waals surface area contributed by atoms with Crippen molar-refractivity contribution in [2.75, 3.05) is 26.3 Å². The number of pyridine rings is 1. The van der Waals surface area contributed by atoms with E-state index in [1.165, 1.54) is 5.56 Å². The highest BCUT2D eigenvalue weighted by molar-refractivity contribution is 5.39. The van der Waals surface area contributed by atoms with Crippen LogP contribution >= 0.6 is 0 Å². The molecule has 0 saturated carbocycles. The van der Waals surface area contributed by atoms with Crippen molar-refractivity contribution in [2.45, 2.75) is 25.2 Å². The first kappa shape index (κ1) is 12.3. The number of nitrogens with zero attached hydrogens (tertiary/aromatic N) is 3. The second-order valence-electron chi connectivity index (χ2n) is 5.61. The molecule has 20 heavy (non-hydrogen) atoms. The van der Waals surface area contributed by atoms with Gasteiger partial charge in [0.1, 0.15) is 5.65 Å². The highest BCUT2D eigenvalue weighted by Crippen LogP contribution is 2.31. The minimum absolute atomic E-state index is 0.273. The number of hydrogen-bond acceptors (Lipinski definition) is 4. The van der Waals surface area contributed by atoms with Crippen LogP contribution < -0.4 is 0 Å². The van der Waals surface area contributed by atoms with Crippen LogP contribution in [0.4, 0.5) is 0 Å². The first-order valence-corrected chi connectivity index (χ1v) is 7.25. The minimum Gasteiger partial charge on any atom is -0.347 e. The Morgan fingerprint density at radius 2 is 1.95 bits per heavy atom. The molecule has 2 aromatic rings. The molecule has 1 spiro atoms. The largest absolute Gasteiger partial charge is 0.347 e. The highest BCUT2D eigenvalue weighted by Gasteiger charge is 2.39. The van der Waals surface area contributed by atoms with Crippen molar-refractivity contribution < 1.29 is 9.47 Å². The number of hydrogen-bond donors (Lipinski definition) is 0. The van der Waals surface area contributed by atoms with Crippen LogP contribution in [0.3, 0.4) is 0 Å². The molecule has 0 aromatic carbocycles. The summed E-state index contributed by atoms with van der Waals surface area (Å²) < 4.78 is 13.6. The maximum absolute atomic E-state index is 5.77. The lowest BCUT2D eigenvalue weighted by molar-refractivity contribution is -0.185. The summed E-state index contributed by atoms with van der Waals surface area (Å²) in [5.41, 5.74) is 2.32. The Bertz CT molecular complexity index is 594. The molecule has 2 aliphatic heterocycles. The molecule has 0 bridgehead atoms. The lowest BCUT2D eigenvalue weighted by Gasteiger charge is -2.37. The van der Waals surface area contributed by atoms with Gasteiger partial charge in [-0.2, -0.15) is 0 Å². The zero-order valence-electron chi connectivity index (χ0n) is 11.5. The van der Waals surface area contributed by atoms with Gasteiger partial charge in [-0.1, -0.05) is 6.07 Å². The fraction of sp³-hybridized carbons (Fsp3) is 0.533. The Hall–Kier alpha value is -1.43. The molecule has 4 heterocycles. The molecule has 5 nitrogen and oxygen atoms in total. The molecule has 4 rings (SSSR count). The normalized spacial score (nSPS) is 22.8. The van der Waals surface area contributed by atoms with E-state index in [9.17, 15) is 0 Å². The molecule has 0 radical (unpaired) electrons. The van der Waals surface area contributed by atoms with E-state index in [0.29, 0.717) is 0 Å². The van der Waals surface area contributed by atoms with Gasteiger partial charge in [-0.3, -0.25) is 4.90 Å². The van der Waals surface area contributed by atoms with Crippen LogP contribution in [-0.2, 0) is 16.0 Å². The Kier molecular flexibility index (Phi) is 2.98. The average Bonchev–Trinajstić information content (AvgIpc) is 3.11. The van der Waals surface area contributed by atoms with Gasteiger partial charge in [0.05, 0.1) is 13.2 Å². The van der Waals surface area contributed by atoms with Gasteiger partial charge in [-0.05, 0) is 11.6 Å². The monoisotopic (exact) mass is 273 g/mol. The van der Waals surface area contributed by atoms with Gasteiger partial charge in [0.25, 0.3) is 0 Å². The molecular formula is C15H19N3O2. The number of likely N-dealkylation sites (tertiary alicyclic amines) is 1. The SMILES string of the molecule is c1cn2cc(CN3CCC4(CC3)OCCO4)ccc2n1. The van der Waals surface area contributed by atoms with E-state index in [1.807, 2.05) is 12.4 Å². The van der Waals surface area contributed by atoms with Crippen molar-refractivity contribution in [2.24, 2.45) is 0 Å². The number of aromatic nitrogens is 2. The summed E-state index contributed by atoms with van der Waals surface area (Å²) in [6.07, 6.45) is 7.93. The van der Waals surface area contributed by atoms with Crippen molar-refractivity contribution in [3.8, 4) is 0 Å². The third-order valence-electron chi connectivity index (χ3n) is 4.29. The molecule has 0 aliphatic carbocycles. The number of imidazole rings is 1. The molecule has 2 aliphatic rings. The van der Waals surface area contributed by atoms with Crippen LogP contribution in [0.25, 0.3) is 5.65 Å². The van der Waals surface area contributed by atoms with Gasteiger partial charge in [0.2, 0.25) is 0 Å². The summed E-state index contributed by atoms with van der Waals surface area (Å²) in [4.78, 5) is 6.74. The zero-order chi connectivity index (χ0) is 13.4. The fourth-order valence-electron chi connectivity index (χ4n) is 3.16. The summed E-state index contributed by atoms with van der Waals surface area (Å²) >= 11 is 0. The summed E-state index contributed by atoms with van der Waals surface area (Å²) in [7, 11) is 0. The maximum Gasteiger partial charge on any atom is 0.170 e. The molecule has 0 amide bonds. The highest BCUT2D eigenvalue weighted by atomic mass is 16.7. The third kappa shape index (κ3) is 2.22. The van der Waals surface area contributed by atoms with Gasteiger partial charge in [0.15, 0.2) is 5.79 Å². The van der Waals surface area contributed by atoms with Crippen molar-refractivity contribution in [1.29, 1.82) is 0 Å². The van der Waals surface area contributed by atoms with Crippen molar-refractivity contribution >= 4 is 5.65 Å². The predicted octanol–water partition coefficient (Wildman–Crippen LogP) is 1.67. The van der Waals surface area contributed by atoms with E-state index < -0.39 is 0 Å². The van der Waals surface area contributed by atoms with E-state index in [0.717, 1.165) is 51.3 Å². The van der Waals surface area contributed by atoms with E-state index in [-0.39, 0.29) is 5.79 Å². The minimum atomic E-state index is -0.273. The van der Waals surface area contributed by atoms with Gasteiger partial charge in [-0.15, -0.1) is 0 Å². The summed E-state index contributed by atoms with van der Waals surface area (Å²) in [5.74, 6) is -0.273. The first-order chi connectivity index (χ1) is 9.83. The summed E-state index contributed by atoms with van der Waals surface area (Å²) in [6.45, 7) is 4.53. The lowest BCUT2D eigenvalue weighted by Crippen LogP contribution is -2.44. The van der Waals surface area contributed by atoms with Gasteiger partial charge in [0, 0.05) is 51.1 Å². The van der Waals surface area contributed by atoms with Gasteiger partial charge in [-0.25, -0.2) is 4.98 Å². The molecule has 0 atom stereocenters. The molecule has 106 valence electrons. The Balaban J connectivity index is 1.42. The fourth-order valence-corrected chi connectivity index (χ4v) is 3.16. The topological polar surface area (TPSA) is 39.0 Å². The Morgan fingerprint density at radius 1 is 1.15 bits per heavy atom. The van der Waals surface area contributed by atoms with E-state index in [2.05, 4.69) is 32.6 Å². The molecule has 0 N–H and O–H groups in total. The molecule has 5 heteroatoms. The number of rotatable bonds is 2. The molecule has 0 unspecified atom stereocenters. The molecule has 2 aromatic heterocycles. The zero-order valence-corrected chi connectivity index (χ0v) is 11.5. The van der Waals surface area contributed by atoms with Crippen LogP contribution in [-0.4, -0.2) is 46.4 Å². The quantitative estimate of drug-likeness (QED) is 0.834. The number of ether oxygens (including phenoxy) is 2. The van der Waals surface area contributed by atoms with Crippen molar-refractivity contribution in [1.82, 2.24) is 14.3 Å². The van der Waals surface area contributed by atoms with Crippen LogP contribution in [0, 0.1) is 0 Å². The number of piperidine rings is 1. The maximum atomic E-state index is 5.77. The van der Waals surface area contributed by atoms with Crippen LogP contribution in [0.1, 0.15) is 18.4 Å². The summed E-state index contributed by atoms with van der Waals surface area (Å²) in [5, 5.41) is 0. The molecule has 2 fully saturated rings. The smallest absolute Gasteiger partial charge is 0.170 e. The van der Waals surface area contributed by atoms with Crippen molar-refractivity contribution in [3.63, 3.8) is 0 Å². The lowest BCUT2D eigenvalue weighted by atomic mass is 10.0. The Labute approximate surface area is 118 Å². The van der Waals surface area contributed by atoms with E-state index >= 15 is 0 Å². The van der Waals surface area contributed by atoms with E-state index in [4.69, 9.17) is 9.47 Å². The standard InChI is InChI=1S/C15H19N3O2/c1-2-14-16-5-8-18(14)12-13(1)11-17-6-3-15(4-7-17)19-9-10-20-15/h1-2,5,8,12H,3-4,6-7,9-11H2. The number of fused-ring (bicyclic) bond motifs is 1. The van der Waals surface area contributed by atoms with Crippen molar-refractivity contribution in [3.05, 3.63) is 36.3 Å². The predicted molar refractivity (Wildman–Crippen MR) is 74.3 cm³/mol. The van der Waals surface area contributed by atoms with Gasteiger partial charge < -0.3 is 13.9 Å². The molecule has 2 saturated heterocycles. The van der Waals surface area contributed by atoms with Crippen LogP contribution in [0.2, 0.25) is 0 Å². The van der Waals surface area contributed by atoms with Crippen LogP contribution in [0.15, 0.2) is 30.7 Å².